The van der Waals surface area contributed by atoms with E-state index in [-0.39, 0.29) is 18.2 Å². The first kappa shape index (κ1) is 18.9. The van der Waals surface area contributed by atoms with Gasteiger partial charge in [0.05, 0.1) is 11.2 Å². The Hall–Kier alpha value is -4.13. The van der Waals surface area contributed by atoms with Crippen molar-refractivity contribution in [1.82, 2.24) is 14.9 Å². The number of hydrogen-bond donors (Lipinski definition) is 1. The number of nitrogens with zero attached hydrogens (tertiary/aromatic N) is 3. The average molecular weight is 412 g/mol. The zero-order valence-electron chi connectivity index (χ0n) is 16.9. The van der Waals surface area contributed by atoms with Gasteiger partial charge < -0.3 is 15.0 Å². The summed E-state index contributed by atoms with van der Waals surface area (Å²) in [6.07, 6.45) is 1.79. The molecule has 2 amide bonds. The second-order valence-electron chi connectivity index (χ2n) is 7.35. The molecule has 1 aliphatic heterocycles. The van der Waals surface area contributed by atoms with Gasteiger partial charge in [0.1, 0.15) is 18.4 Å². The highest BCUT2D eigenvalue weighted by Gasteiger charge is 2.31. The third-order valence-corrected chi connectivity index (χ3v) is 5.39. The maximum atomic E-state index is 13.0. The van der Waals surface area contributed by atoms with Gasteiger partial charge in [-0.3, -0.25) is 9.59 Å². The van der Waals surface area contributed by atoms with Crippen LogP contribution in [0.5, 0.6) is 5.75 Å². The molecular weight excluding hydrogens is 392 g/mol. The van der Waals surface area contributed by atoms with E-state index >= 15 is 0 Å². The van der Waals surface area contributed by atoms with Crippen LogP contribution < -0.4 is 15.0 Å². The molecule has 1 N–H and O–H groups in total. The highest BCUT2D eigenvalue weighted by Crippen LogP contribution is 2.30. The minimum absolute atomic E-state index is 0.0502. The van der Waals surface area contributed by atoms with Gasteiger partial charge in [0, 0.05) is 18.8 Å². The van der Waals surface area contributed by atoms with Crippen LogP contribution in [0.3, 0.4) is 0 Å². The lowest BCUT2D eigenvalue weighted by atomic mass is 10.1. The van der Waals surface area contributed by atoms with Crippen molar-refractivity contribution in [2.45, 2.75) is 6.04 Å². The Bertz CT molecular complexity index is 1280. The highest BCUT2D eigenvalue weighted by atomic mass is 16.5. The van der Waals surface area contributed by atoms with Crippen molar-refractivity contribution in [2.75, 3.05) is 18.6 Å². The van der Waals surface area contributed by atoms with Gasteiger partial charge >= 0.3 is 0 Å². The van der Waals surface area contributed by atoms with Crippen LogP contribution >= 0.6 is 0 Å². The van der Waals surface area contributed by atoms with Crippen LogP contribution in [0.2, 0.25) is 0 Å². The summed E-state index contributed by atoms with van der Waals surface area (Å²) >= 11 is 0. The van der Waals surface area contributed by atoms with Crippen molar-refractivity contribution in [1.29, 1.82) is 0 Å². The van der Waals surface area contributed by atoms with Crippen molar-refractivity contribution < 1.29 is 14.3 Å². The minimum atomic E-state index is -0.816. The molecule has 5 rings (SSSR count). The molecule has 1 aliphatic rings. The van der Waals surface area contributed by atoms with Gasteiger partial charge in [0.2, 0.25) is 0 Å². The lowest BCUT2D eigenvalue weighted by Gasteiger charge is -2.19. The van der Waals surface area contributed by atoms with Crippen LogP contribution in [0, 0.1) is 0 Å². The number of para-hydroxylation sites is 2. The maximum Gasteiger partial charge on any atom is 0.272 e. The van der Waals surface area contributed by atoms with Crippen molar-refractivity contribution in [3.63, 3.8) is 0 Å². The summed E-state index contributed by atoms with van der Waals surface area (Å²) in [6.45, 7) is 0.0502. The predicted molar refractivity (Wildman–Crippen MR) is 117 cm³/mol. The number of nitrogens with one attached hydrogen (secondary N) is 1. The van der Waals surface area contributed by atoms with E-state index in [1.165, 1.54) is 4.90 Å². The number of carbonyl (C=O) groups is 2. The Labute approximate surface area is 178 Å². The van der Waals surface area contributed by atoms with Crippen LogP contribution in [0.4, 0.5) is 5.69 Å². The van der Waals surface area contributed by atoms with Gasteiger partial charge in [-0.15, -0.1) is 0 Å². The Morgan fingerprint density at radius 2 is 1.84 bits per heavy atom. The number of amides is 2. The monoisotopic (exact) mass is 412 g/mol. The van der Waals surface area contributed by atoms with Crippen LogP contribution in [-0.4, -0.2) is 41.1 Å². The number of hydrogen-bond acceptors (Lipinski definition) is 4. The van der Waals surface area contributed by atoms with Crippen LogP contribution in [0.1, 0.15) is 10.5 Å². The molecular formula is C24H20N4O3. The summed E-state index contributed by atoms with van der Waals surface area (Å²) < 4.78 is 7.44. The SMILES string of the molecule is CN1C(=O)[C@@H](NC(=O)c2cc3c(-c4ccccc4)cccn3n2)COc2ccccc21. The van der Waals surface area contributed by atoms with E-state index in [1.54, 1.807) is 29.9 Å². The number of benzene rings is 2. The molecule has 2 aromatic carbocycles. The quantitative estimate of drug-likeness (QED) is 0.561. The third kappa shape index (κ3) is 3.40. The van der Waals surface area contributed by atoms with Crippen molar-refractivity contribution in [2.24, 2.45) is 0 Å². The van der Waals surface area contributed by atoms with Crippen molar-refractivity contribution in [3.8, 4) is 16.9 Å². The summed E-state index contributed by atoms with van der Waals surface area (Å²) in [5, 5.41) is 7.19. The summed E-state index contributed by atoms with van der Waals surface area (Å²) in [5.41, 5.74) is 3.72. The molecule has 3 heterocycles. The average Bonchev–Trinajstić information content (AvgIpc) is 3.22. The van der Waals surface area contributed by atoms with E-state index < -0.39 is 11.9 Å². The van der Waals surface area contributed by atoms with Gasteiger partial charge in [0.25, 0.3) is 11.8 Å². The fourth-order valence-corrected chi connectivity index (χ4v) is 3.78. The Kier molecular flexibility index (Phi) is 4.63. The van der Waals surface area contributed by atoms with Gasteiger partial charge in [0.15, 0.2) is 5.69 Å². The number of aromatic nitrogens is 2. The van der Waals surface area contributed by atoms with Crippen molar-refractivity contribution in [3.05, 3.63) is 84.7 Å². The van der Waals surface area contributed by atoms with E-state index in [0.29, 0.717) is 11.4 Å². The highest BCUT2D eigenvalue weighted by molar-refractivity contribution is 6.03. The molecule has 2 aromatic heterocycles. The fourth-order valence-electron chi connectivity index (χ4n) is 3.78. The maximum absolute atomic E-state index is 13.0. The molecule has 0 spiro atoms. The molecule has 1 atom stereocenters. The van der Waals surface area contributed by atoms with E-state index in [9.17, 15) is 9.59 Å². The number of carbonyl (C=O) groups excluding carboxylic acids is 2. The molecule has 0 fully saturated rings. The van der Waals surface area contributed by atoms with Crippen molar-refractivity contribution >= 4 is 23.0 Å². The molecule has 0 bridgehead atoms. The van der Waals surface area contributed by atoms with E-state index in [1.807, 2.05) is 60.7 Å². The van der Waals surface area contributed by atoms with Gasteiger partial charge in [-0.1, -0.05) is 48.5 Å². The zero-order valence-corrected chi connectivity index (χ0v) is 16.9. The number of fused-ring (bicyclic) bond motifs is 2. The standard InChI is InChI=1S/C24H20N4O3/c1-27-20-11-5-6-12-22(20)31-15-19(24(27)30)25-23(29)18-14-21-17(10-7-13-28(21)26-18)16-8-3-2-4-9-16/h2-14,19H,15H2,1H3,(H,25,29)/t19-/m0/s1. The van der Waals surface area contributed by atoms with Gasteiger partial charge in [-0.05, 0) is 29.8 Å². The zero-order chi connectivity index (χ0) is 21.4. The molecule has 7 nitrogen and oxygen atoms in total. The number of anilines is 1. The van der Waals surface area contributed by atoms with E-state index in [4.69, 9.17) is 4.74 Å². The molecule has 154 valence electrons. The Morgan fingerprint density at radius 3 is 2.68 bits per heavy atom. The van der Waals surface area contributed by atoms with Gasteiger partial charge in [-0.2, -0.15) is 5.10 Å². The second-order valence-corrected chi connectivity index (χ2v) is 7.35. The smallest absolute Gasteiger partial charge is 0.272 e. The first-order chi connectivity index (χ1) is 15.1. The molecule has 0 unspecified atom stereocenters. The van der Waals surface area contributed by atoms with Crippen LogP contribution in [-0.2, 0) is 4.79 Å². The molecule has 31 heavy (non-hydrogen) atoms. The minimum Gasteiger partial charge on any atom is -0.489 e. The van der Waals surface area contributed by atoms with E-state index in [0.717, 1.165) is 16.6 Å². The third-order valence-electron chi connectivity index (χ3n) is 5.39. The second kappa shape index (κ2) is 7.60. The molecule has 4 aromatic rings. The van der Waals surface area contributed by atoms with E-state index in [2.05, 4.69) is 10.4 Å². The topological polar surface area (TPSA) is 75.9 Å². The van der Waals surface area contributed by atoms with Gasteiger partial charge in [-0.25, -0.2) is 4.52 Å². The number of ether oxygens (including phenoxy) is 1. The summed E-state index contributed by atoms with van der Waals surface area (Å²) in [7, 11) is 1.67. The van der Waals surface area contributed by atoms with Crippen LogP contribution in [0.25, 0.3) is 16.6 Å². The number of rotatable bonds is 3. The fraction of sp³-hybridized carbons (Fsp3) is 0.125. The molecule has 0 saturated carbocycles. The molecule has 7 heteroatoms. The predicted octanol–water partition coefficient (Wildman–Crippen LogP) is 3.16. The Morgan fingerprint density at radius 1 is 1.06 bits per heavy atom. The van der Waals surface area contributed by atoms with Crippen LogP contribution in [0.15, 0.2) is 79.0 Å². The summed E-state index contributed by atoms with van der Waals surface area (Å²) in [4.78, 5) is 27.4. The lowest BCUT2D eigenvalue weighted by Crippen LogP contribution is -2.49. The number of pyridine rings is 1. The molecule has 0 saturated heterocycles. The largest absolute Gasteiger partial charge is 0.489 e. The number of likely N-dealkylation sites (N-methyl/N-ethyl adjacent to an activating group) is 1. The lowest BCUT2D eigenvalue weighted by molar-refractivity contribution is -0.120. The summed E-state index contributed by atoms with van der Waals surface area (Å²) in [5.74, 6) is -0.0635. The first-order valence-corrected chi connectivity index (χ1v) is 9.96. The normalized spacial score (nSPS) is 15.8. The molecule has 0 aliphatic carbocycles. The summed E-state index contributed by atoms with van der Waals surface area (Å²) in [6, 6.07) is 22.0. The first-order valence-electron chi connectivity index (χ1n) is 9.96. The Balaban J connectivity index is 1.42. The molecule has 0 radical (unpaired) electrons.